The second-order valence-electron chi connectivity index (χ2n) is 5.00. The van der Waals surface area contributed by atoms with Gasteiger partial charge in [-0.2, -0.15) is 0 Å². The number of ether oxygens (including phenoxy) is 1. The fourth-order valence-electron chi connectivity index (χ4n) is 1.87. The van der Waals surface area contributed by atoms with E-state index in [1.807, 2.05) is 42.5 Å². The Morgan fingerprint density at radius 1 is 0.909 bits per heavy atom. The minimum absolute atomic E-state index is 0.0931. The Balaban J connectivity index is 2.09. The summed E-state index contributed by atoms with van der Waals surface area (Å²) in [6.07, 6.45) is 0. The van der Waals surface area contributed by atoms with E-state index in [-0.39, 0.29) is 6.61 Å². The number of carboxylic acid groups (broad SMARTS) is 2. The van der Waals surface area contributed by atoms with Crippen LogP contribution >= 0.6 is 0 Å². The van der Waals surface area contributed by atoms with Crippen LogP contribution in [0.25, 0.3) is 11.1 Å². The lowest BCUT2D eigenvalue weighted by Crippen LogP contribution is -2.46. The van der Waals surface area contributed by atoms with Crippen molar-refractivity contribution in [2.24, 2.45) is 0 Å². The molecule has 0 atom stereocenters. The molecular formula is C17H16O5. The minimum atomic E-state index is -2.25. The van der Waals surface area contributed by atoms with Crippen molar-refractivity contribution in [3.8, 4) is 11.1 Å². The average Bonchev–Trinajstić information content (AvgIpc) is 2.53. The largest absolute Gasteiger partial charge is 0.479 e. The lowest BCUT2D eigenvalue weighted by molar-refractivity contribution is -0.182. The fourth-order valence-corrected chi connectivity index (χ4v) is 1.87. The van der Waals surface area contributed by atoms with Gasteiger partial charge < -0.3 is 14.9 Å². The zero-order valence-corrected chi connectivity index (χ0v) is 12.0. The number of hydrogen-bond acceptors (Lipinski definition) is 3. The van der Waals surface area contributed by atoms with E-state index >= 15 is 0 Å². The Hall–Kier alpha value is -2.66. The Morgan fingerprint density at radius 2 is 1.41 bits per heavy atom. The second kappa shape index (κ2) is 6.41. The molecule has 22 heavy (non-hydrogen) atoms. The lowest BCUT2D eigenvalue weighted by atomic mass is 10.0. The highest BCUT2D eigenvalue weighted by Gasteiger charge is 2.43. The van der Waals surface area contributed by atoms with Gasteiger partial charge in [0.25, 0.3) is 5.60 Å². The number of benzene rings is 2. The van der Waals surface area contributed by atoms with Crippen molar-refractivity contribution < 1.29 is 24.5 Å². The normalized spacial score (nSPS) is 11.1. The third-order valence-corrected chi connectivity index (χ3v) is 3.40. The molecule has 2 aromatic rings. The van der Waals surface area contributed by atoms with E-state index in [1.54, 1.807) is 12.1 Å². The SMILES string of the molecule is CC(OCc1ccc(-c2ccccc2)cc1)(C(=O)O)C(=O)O. The van der Waals surface area contributed by atoms with Crippen molar-refractivity contribution in [3.63, 3.8) is 0 Å². The zero-order valence-electron chi connectivity index (χ0n) is 12.0. The van der Waals surface area contributed by atoms with Crippen LogP contribution < -0.4 is 0 Å². The van der Waals surface area contributed by atoms with E-state index in [0.717, 1.165) is 18.1 Å². The molecule has 0 aliphatic carbocycles. The van der Waals surface area contributed by atoms with Crippen LogP contribution in [0.2, 0.25) is 0 Å². The molecule has 0 spiro atoms. The van der Waals surface area contributed by atoms with E-state index in [4.69, 9.17) is 14.9 Å². The number of rotatable bonds is 6. The molecule has 2 aromatic carbocycles. The van der Waals surface area contributed by atoms with Gasteiger partial charge in [-0.05, 0) is 23.6 Å². The predicted molar refractivity (Wildman–Crippen MR) is 80.3 cm³/mol. The molecule has 0 aromatic heterocycles. The maximum atomic E-state index is 11.0. The summed E-state index contributed by atoms with van der Waals surface area (Å²) >= 11 is 0. The molecule has 0 unspecified atom stereocenters. The van der Waals surface area contributed by atoms with Crippen molar-refractivity contribution in [2.45, 2.75) is 19.1 Å². The maximum Gasteiger partial charge on any atom is 0.347 e. The van der Waals surface area contributed by atoms with Crippen molar-refractivity contribution in [2.75, 3.05) is 0 Å². The van der Waals surface area contributed by atoms with Gasteiger partial charge in [0.05, 0.1) is 6.61 Å². The average molecular weight is 300 g/mol. The van der Waals surface area contributed by atoms with Gasteiger partial charge in [-0.3, -0.25) is 0 Å². The third kappa shape index (κ3) is 3.32. The zero-order chi connectivity index (χ0) is 16.2. The Morgan fingerprint density at radius 3 is 1.91 bits per heavy atom. The van der Waals surface area contributed by atoms with E-state index in [0.29, 0.717) is 5.56 Å². The summed E-state index contributed by atoms with van der Waals surface area (Å²) in [5.74, 6) is -3.05. The third-order valence-electron chi connectivity index (χ3n) is 3.40. The van der Waals surface area contributed by atoms with Crippen molar-refractivity contribution in [1.29, 1.82) is 0 Å². The van der Waals surface area contributed by atoms with Gasteiger partial charge in [0.2, 0.25) is 0 Å². The van der Waals surface area contributed by atoms with Gasteiger partial charge in [0.1, 0.15) is 0 Å². The fraction of sp³-hybridized carbons (Fsp3) is 0.176. The van der Waals surface area contributed by atoms with Gasteiger partial charge in [0.15, 0.2) is 0 Å². The Bertz CT molecular complexity index is 647. The van der Waals surface area contributed by atoms with Crippen molar-refractivity contribution in [1.82, 2.24) is 0 Å². The van der Waals surface area contributed by atoms with E-state index < -0.39 is 17.5 Å². The number of aliphatic carboxylic acids is 2. The van der Waals surface area contributed by atoms with Crippen LogP contribution in [0.5, 0.6) is 0 Å². The highest BCUT2D eigenvalue weighted by molar-refractivity contribution is 6.01. The van der Waals surface area contributed by atoms with Gasteiger partial charge in [-0.25, -0.2) is 9.59 Å². The van der Waals surface area contributed by atoms with Crippen molar-refractivity contribution >= 4 is 11.9 Å². The van der Waals surface area contributed by atoms with Gasteiger partial charge >= 0.3 is 11.9 Å². The molecule has 0 heterocycles. The molecular weight excluding hydrogens is 284 g/mol. The molecule has 0 saturated carbocycles. The minimum Gasteiger partial charge on any atom is -0.479 e. The molecule has 0 fully saturated rings. The highest BCUT2D eigenvalue weighted by Crippen LogP contribution is 2.21. The van der Waals surface area contributed by atoms with Crippen LogP contribution in [-0.2, 0) is 20.9 Å². The van der Waals surface area contributed by atoms with Gasteiger partial charge in [0, 0.05) is 0 Å². The molecule has 5 heteroatoms. The first-order chi connectivity index (χ1) is 10.4. The number of carbonyl (C=O) groups is 2. The van der Waals surface area contributed by atoms with Gasteiger partial charge in [-0.1, -0.05) is 54.6 Å². The van der Waals surface area contributed by atoms with Crippen LogP contribution in [0.15, 0.2) is 54.6 Å². The predicted octanol–water partition coefficient (Wildman–Crippen LogP) is 2.80. The molecule has 0 amide bonds. The first-order valence-electron chi connectivity index (χ1n) is 6.68. The molecule has 0 aliphatic rings. The summed E-state index contributed by atoms with van der Waals surface area (Å²) in [6, 6.07) is 17.1. The first-order valence-corrected chi connectivity index (χ1v) is 6.68. The maximum absolute atomic E-state index is 11.0. The number of hydrogen-bond donors (Lipinski definition) is 2. The van der Waals surface area contributed by atoms with E-state index in [1.165, 1.54) is 0 Å². The second-order valence-corrected chi connectivity index (χ2v) is 5.00. The Kier molecular flexibility index (Phi) is 4.58. The molecule has 5 nitrogen and oxygen atoms in total. The summed E-state index contributed by atoms with van der Waals surface area (Å²) in [5, 5.41) is 17.9. The van der Waals surface area contributed by atoms with Gasteiger partial charge in [-0.15, -0.1) is 0 Å². The molecule has 0 aliphatic heterocycles. The summed E-state index contributed by atoms with van der Waals surface area (Å²) in [7, 11) is 0. The van der Waals surface area contributed by atoms with Crippen LogP contribution in [0.4, 0.5) is 0 Å². The molecule has 2 N–H and O–H groups in total. The topological polar surface area (TPSA) is 83.8 Å². The van der Waals surface area contributed by atoms with Crippen LogP contribution in [-0.4, -0.2) is 27.8 Å². The Labute approximate surface area is 127 Å². The van der Waals surface area contributed by atoms with Crippen LogP contribution in [0.1, 0.15) is 12.5 Å². The van der Waals surface area contributed by atoms with Crippen LogP contribution in [0, 0.1) is 0 Å². The van der Waals surface area contributed by atoms with E-state index in [2.05, 4.69) is 0 Å². The molecule has 2 rings (SSSR count). The summed E-state index contributed by atoms with van der Waals surface area (Å²) in [6.45, 7) is 0.931. The first kappa shape index (κ1) is 15.7. The highest BCUT2D eigenvalue weighted by atomic mass is 16.5. The summed E-state index contributed by atoms with van der Waals surface area (Å²) < 4.78 is 5.09. The summed E-state index contributed by atoms with van der Waals surface area (Å²) in [5.41, 5.74) is 0.533. The standard InChI is InChI=1S/C17H16O5/c1-17(15(18)19,16(20)21)22-11-12-7-9-14(10-8-12)13-5-3-2-4-6-13/h2-10H,11H2,1H3,(H,18,19)(H,20,21). The summed E-state index contributed by atoms with van der Waals surface area (Å²) in [4.78, 5) is 22.0. The molecule has 114 valence electrons. The molecule has 0 radical (unpaired) electrons. The molecule has 0 saturated heterocycles. The van der Waals surface area contributed by atoms with Crippen LogP contribution in [0.3, 0.4) is 0 Å². The quantitative estimate of drug-likeness (QED) is 0.801. The smallest absolute Gasteiger partial charge is 0.347 e. The monoisotopic (exact) mass is 300 g/mol. The van der Waals surface area contributed by atoms with E-state index in [9.17, 15) is 9.59 Å². The lowest BCUT2D eigenvalue weighted by Gasteiger charge is -2.20. The number of carboxylic acids is 2. The molecule has 0 bridgehead atoms. The van der Waals surface area contributed by atoms with Crippen molar-refractivity contribution in [3.05, 3.63) is 60.2 Å².